The van der Waals surface area contributed by atoms with Gasteiger partial charge < -0.3 is 10.2 Å². The summed E-state index contributed by atoms with van der Waals surface area (Å²) in [6.45, 7) is 12.2. The molecule has 0 unspecified atom stereocenters. The number of allylic oxidation sites excluding steroid dienone is 2. The SMILES string of the molecule is CC(C)(C)[Si](C)(C)OC[C@H]1CC=C[C@H](n2nnc3c(N)ncnc32)C1. The van der Waals surface area contributed by atoms with E-state index in [0.717, 1.165) is 19.4 Å². The fourth-order valence-electron chi connectivity index (χ4n) is 2.81. The lowest BCUT2D eigenvalue weighted by atomic mass is 9.92. The molecule has 25 heavy (non-hydrogen) atoms. The van der Waals surface area contributed by atoms with Gasteiger partial charge in [-0.2, -0.15) is 0 Å². The first kappa shape index (κ1) is 18.0. The molecule has 2 heterocycles. The van der Waals surface area contributed by atoms with Gasteiger partial charge in [-0.15, -0.1) is 5.10 Å². The van der Waals surface area contributed by atoms with E-state index < -0.39 is 8.32 Å². The molecule has 2 aromatic heterocycles. The Labute approximate surface area is 149 Å². The molecule has 136 valence electrons. The van der Waals surface area contributed by atoms with E-state index in [0.29, 0.717) is 22.9 Å². The summed E-state index contributed by atoms with van der Waals surface area (Å²) >= 11 is 0. The van der Waals surface area contributed by atoms with Crippen LogP contribution in [0.3, 0.4) is 0 Å². The van der Waals surface area contributed by atoms with Gasteiger partial charge in [-0.25, -0.2) is 14.6 Å². The van der Waals surface area contributed by atoms with Crippen LogP contribution in [0.25, 0.3) is 11.2 Å². The zero-order valence-electron chi connectivity index (χ0n) is 15.7. The molecule has 0 saturated carbocycles. The van der Waals surface area contributed by atoms with Crippen molar-refractivity contribution in [1.29, 1.82) is 0 Å². The van der Waals surface area contributed by atoms with Crippen LogP contribution in [0.5, 0.6) is 0 Å². The van der Waals surface area contributed by atoms with Crippen LogP contribution in [0.15, 0.2) is 18.5 Å². The second-order valence-electron chi connectivity index (χ2n) is 8.37. The van der Waals surface area contributed by atoms with Crippen molar-refractivity contribution in [1.82, 2.24) is 25.0 Å². The molecule has 0 fully saturated rings. The molecule has 0 amide bonds. The Morgan fingerprint density at radius 3 is 2.80 bits per heavy atom. The minimum absolute atomic E-state index is 0.126. The average Bonchev–Trinajstić information content (AvgIpc) is 2.98. The van der Waals surface area contributed by atoms with Gasteiger partial charge in [-0.1, -0.05) is 38.1 Å². The third-order valence-electron chi connectivity index (χ3n) is 5.49. The smallest absolute Gasteiger partial charge is 0.191 e. The van der Waals surface area contributed by atoms with Crippen molar-refractivity contribution in [2.75, 3.05) is 12.3 Å². The van der Waals surface area contributed by atoms with E-state index in [9.17, 15) is 0 Å². The van der Waals surface area contributed by atoms with Gasteiger partial charge in [0.15, 0.2) is 25.3 Å². The molecule has 2 aromatic rings. The number of nitrogens with zero attached hydrogens (tertiary/aromatic N) is 5. The quantitative estimate of drug-likeness (QED) is 0.664. The summed E-state index contributed by atoms with van der Waals surface area (Å²) < 4.78 is 8.27. The summed E-state index contributed by atoms with van der Waals surface area (Å²) in [5, 5.41) is 8.63. The second kappa shape index (κ2) is 6.49. The van der Waals surface area contributed by atoms with Crippen LogP contribution in [0.1, 0.15) is 39.7 Å². The first-order valence-corrected chi connectivity index (χ1v) is 11.7. The van der Waals surface area contributed by atoms with Gasteiger partial charge in [-0.05, 0) is 36.9 Å². The van der Waals surface area contributed by atoms with Crippen LogP contribution in [0.4, 0.5) is 5.82 Å². The molecule has 7 nitrogen and oxygen atoms in total. The Morgan fingerprint density at radius 1 is 1.32 bits per heavy atom. The van der Waals surface area contributed by atoms with E-state index in [-0.39, 0.29) is 11.1 Å². The lowest BCUT2D eigenvalue weighted by molar-refractivity contribution is 0.204. The van der Waals surface area contributed by atoms with E-state index >= 15 is 0 Å². The van der Waals surface area contributed by atoms with Crippen LogP contribution < -0.4 is 5.73 Å². The van der Waals surface area contributed by atoms with Crippen LogP contribution in [0.2, 0.25) is 18.1 Å². The highest BCUT2D eigenvalue weighted by atomic mass is 28.4. The monoisotopic (exact) mass is 360 g/mol. The molecule has 0 bridgehead atoms. The van der Waals surface area contributed by atoms with Gasteiger partial charge in [0.05, 0.1) is 6.04 Å². The van der Waals surface area contributed by atoms with E-state index in [1.165, 1.54) is 6.33 Å². The summed E-state index contributed by atoms with van der Waals surface area (Å²) in [7, 11) is -1.72. The zero-order valence-corrected chi connectivity index (χ0v) is 16.7. The number of fused-ring (bicyclic) bond motifs is 1. The van der Waals surface area contributed by atoms with Crippen LogP contribution in [-0.4, -0.2) is 39.9 Å². The zero-order chi connectivity index (χ0) is 18.2. The van der Waals surface area contributed by atoms with E-state index in [1.54, 1.807) is 0 Å². The molecule has 3 rings (SSSR count). The Hall–Kier alpha value is -1.80. The number of anilines is 1. The van der Waals surface area contributed by atoms with E-state index in [1.807, 2.05) is 4.68 Å². The van der Waals surface area contributed by atoms with Crippen molar-refractivity contribution in [2.45, 2.75) is 57.8 Å². The van der Waals surface area contributed by atoms with Gasteiger partial charge in [0, 0.05) is 6.61 Å². The highest BCUT2D eigenvalue weighted by Crippen LogP contribution is 2.38. The van der Waals surface area contributed by atoms with Crippen molar-refractivity contribution < 1.29 is 4.43 Å². The standard InChI is InChI=1S/C17H28N6OSi/c1-17(2,3)25(4,5)24-10-12-7-6-8-13(9-12)23-16-14(21-22-23)15(18)19-11-20-16/h6,8,11-13H,7,9-10H2,1-5H3,(H2,18,19,20)/t12-,13-/m0/s1. The Morgan fingerprint density at radius 2 is 2.08 bits per heavy atom. The van der Waals surface area contributed by atoms with E-state index in [4.69, 9.17) is 10.2 Å². The van der Waals surface area contributed by atoms with E-state index in [2.05, 4.69) is 66.3 Å². The number of nitrogens with two attached hydrogens (primary N) is 1. The molecule has 2 atom stereocenters. The Bertz CT molecular complexity index is 779. The second-order valence-corrected chi connectivity index (χ2v) is 13.2. The summed E-state index contributed by atoms with van der Waals surface area (Å²) in [4.78, 5) is 8.29. The lowest BCUT2D eigenvalue weighted by Gasteiger charge is -2.38. The molecule has 2 N–H and O–H groups in total. The molecule has 1 aliphatic rings. The normalized spacial score (nSPS) is 21.8. The summed E-state index contributed by atoms with van der Waals surface area (Å²) in [5.74, 6) is 0.844. The van der Waals surface area contributed by atoms with Gasteiger partial charge in [0.2, 0.25) is 0 Å². The fraction of sp³-hybridized carbons (Fsp3) is 0.647. The minimum Gasteiger partial charge on any atom is -0.417 e. The maximum atomic E-state index is 6.42. The molecular formula is C17H28N6OSi. The summed E-state index contributed by atoms with van der Waals surface area (Å²) in [5.41, 5.74) is 7.12. The minimum atomic E-state index is -1.72. The Balaban J connectivity index is 1.72. The molecular weight excluding hydrogens is 332 g/mol. The topological polar surface area (TPSA) is 91.7 Å². The highest BCUT2D eigenvalue weighted by molar-refractivity contribution is 6.74. The molecule has 1 aliphatic carbocycles. The largest absolute Gasteiger partial charge is 0.417 e. The number of hydrogen-bond donors (Lipinski definition) is 1. The maximum absolute atomic E-state index is 6.42. The third kappa shape index (κ3) is 3.59. The molecule has 0 spiro atoms. The molecule has 0 aliphatic heterocycles. The average molecular weight is 361 g/mol. The first-order valence-electron chi connectivity index (χ1n) is 8.81. The van der Waals surface area contributed by atoms with Crippen molar-refractivity contribution in [3.8, 4) is 0 Å². The Kier molecular flexibility index (Phi) is 4.67. The molecule has 0 radical (unpaired) electrons. The third-order valence-corrected chi connectivity index (χ3v) is 9.99. The van der Waals surface area contributed by atoms with Crippen molar-refractivity contribution >= 4 is 25.3 Å². The van der Waals surface area contributed by atoms with Gasteiger partial charge >= 0.3 is 0 Å². The molecule has 8 heteroatoms. The molecule has 0 aromatic carbocycles. The van der Waals surface area contributed by atoms with Gasteiger partial charge in [0.25, 0.3) is 0 Å². The first-order chi connectivity index (χ1) is 11.7. The molecule has 0 saturated heterocycles. The summed E-state index contributed by atoms with van der Waals surface area (Å²) in [6, 6.07) is 0.126. The van der Waals surface area contributed by atoms with Crippen molar-refractivity contribution in [2.24, 2.45) is 5.92 Å². The van der Waals surface area contributed by atoms with Crippen LogP contribution in [0, 0.1) is 5.92 Å². The van der Waals surface area contributed by atoms with Crippen molar-refractivity contribution in [3.63, 3.8) is 0 Å². The van der Waals surface area contributed by atoms with Gasteiger partial charge in [0.1, 0.15) is 6.33 Å². The predicted molar refractivity (Wildman–Crippen MR) is 102 cm³/mol. The van der Waals surface area contributed by atoms with Crippen LogP contribution >= 0.6 is 0 Å². The maximum Gasteiger partial charge on any atom is 0.191 e. The van der Waals surface area contributed by atoms with Crippen molar-refractivity contribution in [3.05, 3.63) is 18.5 Å². The lowest BCUT2D eigenvalue weighted by Crippen LogP contribution is -2.42. The number of aromatic nitrogens is 5. The van der Waals surface area contributed by atoms with Crippen LogP contribution in [-0.2, 0) is 4.43 Å². The number of nitrogen functional groups attached to an aromatic ring is 1. The number of hydrogen-bond acceptors (Lipinski definition) is 6. The highest BCUT2D eigenvalue weighted by Gasteiger charge is 2.37. The predicted octanol–water partition coefficient (Wildman–Crippen LogP) is 3.33. The number of rotatable bonds is 4. The summed E-state index contributed by atoms with van der Waals surface area (Å²) in [6.07, 6.45) is 7.85. The van der Waals surface area contributed by atoms with Gasteiger partial charge in [-0.3, -0.25) is 0 Å². The fourth-order valence-corrected chi connectivity index (χ4v) is 3.89.